The molecule has 2 aliphatic carbocycles. The van der Waals surface area contributed by atoms with Gasteiger partial charge in [-0.2, -0.15) is 0 Å². The Bertz CT molecular complexity index is 2390. The minimum absolute atomic E-state index is 0.105. The molecule has 0 bridgehead atoms. The van der Waals surface area contributed by atoms with Crippen LogP contribution >= 0.6 is 0 Å². The molecule has 5 aromatic carbocycles. The van der Waals surface area contributed by atoms with Gasteiger partial charge in [0.2, 0.25) is 5.91 Å². The third-order valence-electron chi connectivity index (χ3n) is 12.7. The zero-order valence-corrected chi connectivity index (χ0v) is 32.1. The van der Waals surface area contributed by atoms with Gasteiger partial charge in [-0.25, -0.2) is 9.97 Å². The SMILES string of the molecule is C[C@H]1CC[C@H]2[C@H](C1)c1c(c3ccccc3c3nc4ccc(C(=O)N(Cc5ccccc5)C(C(=O)NC5CCCCC5)c5ccccc5)cc4nc13)OC2(C)C. The van der Waals surface area contributed by atoms with Crippen molar-refractivity contribution in [3.63, 3.8) is 0 Å². The number of nitrogens with one attached hydrogen (secondary N) is 1. The van der Waals surface area contributed by atoms with Gasteiger partial charge in [-0.15, -0.1) is 0 Å². The molecule has 9 rings (SSSR count). The number of ether oxygens (including phenoxy) is 1. The van der Waals surface area contributed by atoms with Crippen molar-refractivity contribution in [2.75, 3.05) is 0 Å². The Morgan fingerprint density at radius 1 is 0.800 bits per heavy atom. The van der Waals surface area contributed by atoms with Gasteiger partial charge in [-0.1, -0.05) is 118 Å². The molecule has 2 heterocycles. The topological polar surface area (TPSA) is 84.4 Å². The highest BCUT2D eigenvalue weighted by molar-refractivity contribution is 6.11. The summed E-state index contributed by atoms with van der Waals surface area (Å²) in [4.78, 5) is 41.9. The predicted molar refractivity (Wildman–Crippen MR) is 219 cm³/mol. The molecule has 2 fully saturated rings. The zero-order chi connectivity index (χ0) is 37.7. The number of rotatable bonds is 7. The van der Waals surface area contributed by atoms with Gasteiger partial charge in [0, 0.05) is 40.4 Å². The quantitative estimate of drug-likeness (QED) is 0.131. The Balaban J connectivity index is 1.18. The lowest BCUT2D eigenvalue weighted by Gasteiger charge is -2.49. The van der Waals surface area contributed by atoms with Crippen molar-refractivity contribution in [3.05, 3.63) is 125 Å². The Hall–Kier alpha value is -5.30. The second kappa shape index (κ2) is 14.4. The largest absolute Gasteiger partial charge is 0.487 e. The molecule has 1 aromatic heterocycles. The van der Waals surface area contributed by atoms with Crippen molar-refractivity contribution in [1.82, 2.24) is 20.2 Å². The second-order valence-electron chi connectivity index (χ2n) is 16.8. The van der Waals surface area contributed by atoms with Crippen LogP contribution < -0.4 is 10.1 Å². The second-order valence-corrected chi connectivity index (χ2v) is 16.8. The van der Waals surface area contributed by atoms with Crippen molar-refractivity contribution in [2.24, 2.45) is 11.8 Å². The highest BCUT2D eigenvalue weighted by Gasteiger charge is 2.47. The summed E-state index contributed by atoms with van der Waals surface area (Å²) < 4.78 is 6.99. The maximum absolute atomic E-state index is 15.0. The molecule has 6 aromatic rings. The van der Waals surface area contributed by atoms with Crippen molar-refractivity contribution >= 4 is 44.7 Å². The summed E-state index contributed by atoms with van der Waals surface area (Å²) in [6, 6.07) is 33.0. The Morgan fingerprint density at radius 3 is 2.25 bits per heavy atom. The summed E-state index contributed by atoms with van der Waals surface area (Å²) in [7, 11) is 0. The smallest absolute Gasteiger partial charge is 0.255 e. The molecule has 0 radical (unpaired) electrons. The maximum Gasteiger partial charge on any atom is 0.255 e. The lowest BCUT2D eigenvalue weighted by Crippen LogP contribution is -2.47. The molecule has 4 atom stereocenters. The molecule has 280 valence electrons. The molecule has 7 nitrogen and oxygen atoms in total. The molecule has 1 aliphatic heterocycles. The molecular formula is C48H50N4O3. The normalized spacial score (nSPS) is 21.3. The molecule has 0 saturated heterocycles. The molecule has 1 unspecified atom stereocenters. The van der Waals surface area contributed by atoms with Crippen molar-refractivity contribution in [2.45, 2.75) is 102 Å². The highest BCUT2D eigenvalue weighted by atomic mass is 16.5. The van der Waals surface area contributed by atoms with Crippen molar-refractivity contribution in [1.29, 1.82) is 0 Å². The summed E-state index contributed by atoms with van der Waals surface area (Å²) in [6.45, 7) is 7.12. The lowest BCUT2D eigenvalue weighted by atomic mass is 9.64. The molecule has 1 N–H and O–H groups in total. The van der Waals surface area contributed by atoms with Crippen molar-refractivity contribution < 1.29 is 14.3 Å². The number of nitrogens with zero attached hydrogens (tertiary/aromatic N) is 3. The van der Waals surface area contributed by atoms with Crippen LogP contribution in [-0.2, 0) is 11.3 Å². The van der Waals surface area contributed by atoms with Crippen LogP contribution in [0.2, 0.25) is 0 Å². The average Bonchev–Trinajstić information content (AvgIpc) is 3.20. The number of aromatic nitrogens is 2. The van der Waals surface area contributed by atoms with Gasteiger partial charge >= 0.3 is 0 Å². The monoisotopic (exact) mass is 730 g/mol. The minimum Gasteiger partial charge on any atom is -0.487 e. The van der Waals surface area contributed by atoms with E-state index in [1.165, 1.54) is 12.8 Å². The lowest BCUT2D eigenvalue weighted by molar-refractivity contribution is -0.127. The van der Waals surface area contributed by atoms with Crippen LogP contribution in [-0.4, -0.2) is 38.3 Å². The zero-order valence-electron chi connectivity index (χ0n) is 32.1. The summed E-state index contributed by atoms with van der Waals surface area (Å²) >= 11 is 0. The number of amides is 2. The molecule has 0 spiro atoms. The number of carbonyl (C=O) groups excluding carboxylic acids is 2. The Labute approximate surface area is 323 Å². The predicted octanol–water partition coefficient (Wildman–Crippen LogP) is 10.5. The van der Waals surface area contributed by atoms with E-state index in [-0.39, 0.29) is 30.0 Å². The van der Waals surface area contributed by atoms with Crippen LogP contribution in [0.3, 0.4) is 0 Å². The van der Waals surface area contributed by atoms with Gasteiger partial charge in [0.1, 0.15) is 17.4 Å². The number of hydrogen-bond acceptors (Lipinski definition) is 5. The van der Waals surface area contributed by atoms with Crippen LogP contribution in [0.4, 0.5) is 0 Å². The third-order valence-corrected chi connectivity index (χ3v) is 12.7. The number of fused-ring (bicyclic) bond motifs is 9. The van der Waals surface area contributed by atoms with Gasteiger partial charge < -0.3 is 15.0 Å². The fourth-order valence-corrected chi connectivity index (χ4v) is 9.89. The van der Waals surface area contributed by atoms with Crippen LogP contribution in [0.5, 0.6) is 5.75 Å². The minimum atomic E-state index is -0.821. The van der Waals surface area contributed by atoms with Crippen LogP contribution in [0.25, 0.3) is 32.8 Å². The van der Waals surface area contributed by atoms with Crippen LogP contribution in [0, 0.1) is 11.8 Å². The van der Waals surface area contributed by atoms with E-state index in [2.05, 4.69) is 50.4 Å². The molecule has 7 heteroatoms. The van der Waals surface area contributed by atoms with Crippen molar-refractivity contribution in [3.8, 4) is 5.75 Å². The van der Waals surface area contributed by atoms with Gasteiger partial charge in [0.15, 0.2) is 0 Å². The first-order valence-corrected chi connectivity index (χ1v) is 20.3. The van der Waals surface area contributed by atoms with E-state index < -0.39 is 6.04 Å². The summed E-state index contributed by atoms with van der Waals surface area (Å²) in [6.07, 6.45) is 8.69. The van der Waals surface area contributed by atoms with E-state index in [0.717, 1.165) is 88.3 Å². The molecule has 2 saturated carbocycles. The van der Waals surface area contributed by atoms with Gasteiger partial charge in [0.25, 0.3) is 5.91 Å². The van der Waals surface area contributed by atoms with E-state index in [1.807, 2.05) is 78.9 Å². The average molecular weight is 731 g/mol. The fraction of sp³-hybridized carbons (Fsp3) is 0.375. The first-order valence-electron chi connectivity index (χ1n) is 20.3. The standard InChI is InChI=1S/C48H50N4O3/c1-30-23-25-38-37(27-30)41-43-42(35-21-13-14-22-36(35)45(41)55-48(38,2)3)50-39-26-24-33(28-40(39)51-43)47(54)52(29-31-15-7-4-8-16-31)44(32-17-9-5-10-18-32)46(53)49-34-19-11-6-12-20-34/h4-5,7-10,13-18,21-22,24,26,28,30,34,37-38,44H,6,11-12,19-20,23,25,27,29H2,1-3H3,(H,49,53)/t30-,37-,38-,44?/m0/s1. The van der Waals surface area contributed by atoms with E-state index in [4.69, 9.17) is 14.7 Å². The van der Waals surface area contributed by atoms with Gasteiger partial charge in [0.05, 0.1) is 22.1 Å². The summed E-state index contributed by atoms with van der Waals surface area (Å²) in [5.74, 6) is 1.81. The number of benzene rings is 5. The third kappa shape index (κ3) is 6.62. The first-order chi connectivity index (χ1) is 26.7. The Kier molecular flexibility index (Phi) is 9.27. The maximum atomic E-state index is 15.0. The number of carbonyl (C=O) groups is 2. The van der Waals surface area contributed by atoms with Gasteiger partial charge in [-0.3, -0.25) is 9.59 Å². The Morgan fingerprint density at radius 2 is 1.49 bits per heavy atom. The fourth-order valence-electron chi connectivity index (χ4n) is 9.89. The van der Waals surface area contributed by atoms with E-state index in [9.17, 15) is 4.79 Å². The highest BCUT2D eigenvalue weighted by Crippen LogP contribution is 2.56. The van der Waals surface area contributed by atoms with Crippen LogP contribution in [0.15, 0.2) is 103 Å². The summed E-state index contributed by atoms with van der Waals surface area (Å²) in [5, 5.41) is 5.44. The molecule has 3 aliphatic rings. The van der Waals surface area contributed by atoms with E-state index in [1.54, 1.807) is 4.90 Å². The molecule has 55 heavy (non-hydrogen) atoms. The molecule has 2 amide bonds. The van der Waals surface area contributed by atoms with E-state index >= 15 is 4.79 Å². The molecular weight excluding hydrogens is 681 g/mol. The summed E-state index contributed by atoms with van der Waals surface area (Å²) in [5.41, 5.74) is 6.17. The number of hydrogen-bond donors (Lipinski definition) is 1. The van der Waals surface area contributed by atoms with Gasteiger partial charge in [-0.05, 0) is 80.7 Å². The first kappa shape index (κ1) is 35.4. The van der Waals surface area contributed by atoms with E-state index in [0.29, 0.717) is 28.8 Å². The van der Waals surface area contributed by atoms with Crippen LogP contribution in [0.1, 0.15) is 111 Å².